The van der Waals surface area contributed by atoms with E-state index in [1.807, 2.05) is 32.2 Å². The first-order chi connectivity index (χ1) is 8.74. The summed E-state index contributed by atoms with van der Waals surface area (Å²) in [4.78, 5) is 14.4. The maximum Gasteiger partial charge on any atom is 0.125 e. The summed E-state index contributed by atoms with van der Waals surface area (Å²) in [6.45, 7) is 4.05. The van der Waals surface area contributed by atoms with Crippen molar-refractivity contribution in [3.8, 4) is 21.1 Å². The monoisotopic (exact) mass is 273 g/mol. The van der Waals surface area contributed by atoms with Crippen LogP contribution in [0.5, 0.6) is 0 Å². The third-order valence-electron chi connectivity index (χ3n) is 2.56. The average molecular weight is 273 g/mol. The predicted octanol–water partition coefficient (Wildman–Crippen LogP) is 3.95. The van der Waals surface area contributed by atoms with Gasteiger partial charge in [-0.25, -0.2) is 9.97 Å². The topological polar surface area (TPSA) is 38.7 Å². The first-order valence-electron chi connectivity index (χ1n) is 5.54. The number of thiazole rings is 2. The van der Waals surface area contributed by atoms with Gasteiger partial charge in [0, 0.05) is 23.3 Å². The fraction of sp³-hybridized carbons (Fsp3) is 0.154. The summed E-state index contributed by atoms with van der Waals surface area (Å²) in [5.41, 5.74) is 3.12. The summed E-state index contributed by atoms with van der Waals surface area (Å²) in [5, 5.41) is 4.17. The molecule has 0 unspecified atom stereocenters. The number of hydrogen-bond acceptors (Lipinski definition) is 5. The molecular weight excluding hydrogens is 262 g/mol. The molecule has 18 heavy (non-hydrogen) atoms. The zero-order chi connectivity index (χ0) is 12.5. The summed E-state index contributed by atoms with van der Waals surface area (Å²) < 4.78 is 0. The van der Waals surface area contributed by atoms with Crippen molar-refractivity contribution in [2.45, 2.75) is 13.8 Å². The lowest BCUT2D eigenvalue weighted by atomic mass is 10.3. The Morgan fingerprint density at radius 1 is 1.17 bits per heavy atom. The standard InChI is InChI=1S/C13H11N3S2/c1-8-12(11-7-17-9(2)16-11)18-13(15-8)10-4-3-5-14-6-10/h3-7H,1-2H3. The van der Waals surface area contributed by atoms with Crippen molar-refractivity contribution < 1.29 is 0 Å². The van der Waals surface area contributed by atoms with E-state index in [-0.39, 0.29) is 0 Å². The second-order valence-corrected chi connectivity index (χ2v) is 5.99. The molecule has 0 saturated heterocycles. The molecule has 90 valence electrons. The molecule has 0 atom stereocenters. The van der Waals surface area contributed by atoms with E-state index in [1.165, 1.54) is 0 Å². The van der Waals surface area contributed by atoms with E-state index in [2.05, 4.69) is 20.3 Å². The van der Waals surface area contributed by atoms with Gasteiger partial charge in [0.25, 0.3) is 0 Å². The number of nitrogens with zero attached hydrogens (tertiary/aromatic N) is 3. The van der Waals surface area contributed by atoms with E-state index in [0.717, 1.165) is 31.8 Å². The molecule has 3 nitrogen and oxygen atoms in total. The van der Waals surface area contributed by atoms with Gasteiger partial charge in [-0.2, -0.15) is 0 Å². The molecule has 3 rings (SSSR count). The minimum atomic E-state index is 1.00. The highest BCUT2D eigenvalue weighted by molar-refractivity contribution is 7.19. The second kappa shape index (κ2) is 4.59. The van der Waals surface area contributed by atoms with E-state index >= 15 is 0 Å². The van der Waals surface area contributed by atoms with Crippen LogP contribution in [-0.2, 0) is 0 Å². The molecule has 0 aliphatic carbocycles. The van der Waals surface area contributed by atoms with E-state index in [4.69, 9.17) is 0 Å². The molecule has 0 fully saturated rings. The van der Waals surface area contributed by atoms with Crippen molar-refractivity contribution in [1.29, 1.82) is 0 Å². The minimum absolute atomic E-state index is 1.00. The molecule has 5 heteroatoms. The lowest BCUT2D eigenvalue weighted by Crippen LogP contribution is -1.79. The average Bonchev–Trinajstić information content (AvgIpc) is 2.97. The zero-order valence-electron chi connectivity index (χ0n) is 10.0. The molecular formula is C13H11N3S2. The Bertz CT molecular complexity index is 671. The van der Waals surface area contributed by atoms with Crippen LogP contribution in [-0.4, -0.2) is 15.0 Å². The molecule has 0 N–H and O–H groups in total. The molecule has 3 aromatic rings. The van der Waals surface area contributed by atoms with E-state index in [9.17, 15) is 0 Å². The van der Waals surface area contributed by atoms with Crippen LogP contribution >= 0.6 is 22.7 Å². The zero-order valence-corrected chi connectivity index (χ0v) is 11.7. The lowest BCUT2D eigenvalue weighted by molar-refractivity contribution is 1.24. The molecule has 3 heterocycles. The number of aryl methyl sites for hydroxylation is 2. The fourth-order valence-corrected chi connectivity index (χ4v) is 3.41. The first-order valence-corrected chi connectivity index (χ1v) is 7.24. The lowest BCUT2D eigenvalue weighted by Gasteiger charge is -1.92. The van der Waals surface area contributed by atoms with Gasteiger partial charge in [-0.3, -0.25) is 4.98 Å². The maximum absolute atomic E-state index is 4.61. The Morgan fingerprint density at radius 3 is 2.72 bits per heavy atom. The van der Waals surface area contributed by atoms with Gasteiger partial charge in [0.05, 0.1) is 21.3 Å². The van der Waals surface area contributed by atoms with Gasteiger partial charge in [0.15, 0.2) is 0 Å². The summed E-state index contributed by atoms with van der Waals surface area (Å²) in [5.74, 6) is 0. The summed E-state index contributed by atoms with van der Waals surface area (Å²) >= 11 is 3.34. The Labute approximate surface area is 113 Å². The number of aromatic nitrogens is 3. The highest BCUT2D eigenvalue weighted by Crippen LogP contribution is 2.35. The molecule has 0 saturated carbocycles. The summed E-state index contributed by atoms with van der Waals surface area (Å²) in [6.07, 6.45) is 3.61. The van der Waals surface area contributed by atoms with Gasteiger partial charge in [-0.05, 0) is 26.0 Å². The fourth-order valence-electron chi connectivity index (χ4n) is 1.71. The normalized spacial score (nSPS) is 10.8. The molecule has 0 amide bonds. The van der Waals surface area contributed by atoms with Crippen molar-refractivity contribution in [1.82, 2.24) is 15.0 Å². The van der Waals surface area contributed by atoms with Crippen LogP contribution < -0.4 is 0 Å². The molecule has 0 aliphatic heterocycles. The Hall–Kier alpha value is -1.59. The van der Waals surface area contributed by atoms with Crippen molar-refractivity contribution in [2.24, 2.45) is 0 Å². The van der Waals surface area contributed by atoms with Crippen LogP contribution in [0.25, 0.3) is 21.1 Å². The van der Waals surface area contributed by atoms with Gasteiger partial charge in [0.1, 0.15) is 5.01 Å². The van der Waals surface area contributed by atoms with Gasteiger partial charge in [-0.1, -0.05) is 0 Å². The first kappa shape index (κ1) is 11.5. The van der Waals surface area contributed by atoms with Crippen molar-refractivity contribution in [2.75, 3.05) is 0 Å². The van der Waals surface area contributed by atoms with E-state index < -0.39 is 0 Å². The maximum atomic E-state index is 4.61. The largest absolute Gasteiger partial charge is 0.264 e. The molecule has 0 spiro atoms. The molecule has 0 radical (unpaired) electrons. The van der Waals surface area contributed by atoms with Crippen LogP contribution in [0.3, 0.4) is 0 Å². The number of pyridine rings is 1. The summed E-state index contributed by atoms with van der Waals surface area (Å²) in [6, 6.07) is 3.96. The quantitative estimate of drug-likeness (QED) is 0.709. The van der Waals surface area contributed by atoms with Gasteiger partial charge in [-0.15, -0.1) is 22.7 Å². The van der Waals surface area contributed by atoms with Crippen LogP contribution in [0.15, 0.2) is 29.9 Å². The van der Waals surface area contributed by atoms with Crippen molar-refractivity contribution in [3.63, 3.8) is 0 Å². The van der Waals surface area contributed by atoms with Gasteiger partial charge < -0.3 is 0 Å². The van der Waals surface area contributed by atoms with Crippen molar-refractivity contribution >= 4 is 22.7 Å². The third kappa shape index (κ3) is 2.07. The van der Waals surface area contributed by atoms with Crippen molar-refractivity contribution in [3.05, 3.63) is 40.6 Å². The van der Waals surface area contributed by atoms with Gasteiger partial charge >= 0.3 is 0 Å². The van der Waals surface area contributed by atoms with Gasteiger partial charge in [0.2, 0.25) is 0 Å². The highest BCUT2D eigenvalue weighted by atomic mass is 32.1. The molecule has 0 aliphatic rings. The molecule has 3 aromatic heterocycles. The third-order valence-corrected chi connectivity index (χ3v) is 4.56. The molecule has 0 aromatic carbocycles. The summed E-state index contributed by atoms with van der Waals surface area (Å²) in [7, 11) is 0. The predicted molar refractivity (Wildman–Crippen MR) is 75.9 cm³/mol. The Balaban J connectivity index is 2.06. The Kier molecular flexibility index (Phi) is 2.93. The number of hydrogen-bond donors (Lipinski definition) is 0. The SMILES string of the molecule is Cc1nc(-c2sc(-c3cccnc3)nc2C)cs1. The van der Waals surface area contributed by atoms with E-state index in [1.54, 1.807) is 28.9 Å². The minimum Gasteiger partial charge on any atom is -0.264 e. The van der Waals surface area contributed by atoms with Crippen LogP contribution in [0.4, 0.5) is 0 Å². The number of rotatable bonds is 2. The highest BCUT2D eigenvalue weighted by Gasteiger charge is 2.13. The van der Waals surface area contributed by atoms with Crippen LogP contribution in [0, 0.1) is 13.8 Å². The Morgan fingerprint density at radius 2 is 2.06 bits per heavy atom. The van der Waals surface area contributed by atoms with Crippen LogP contribution in [0.2, 0.25) is 0 Å². The molecule has 0 bridgehead atoms. The van der Waals surface area contributed by atoms with E-state index in [0.29, 0.717) is 0 Å². The second-order valence-electron chi connectivity index (χ2n) is 3.93. The van der Waals surface area contributed by atoms with Crippen LogP contribution in [0.1, 0.15) is 10.7 Å². The smallest absolute Gasteiger partial charge is 0.125 e.